The number of nitrogens with zero attached hydrogens (tertiary/aromatic N) is 3. The lowest BCUT2D eigenvalue weighted by molar-refractivity contribution is 0.582. The number of nitrogen functional groups attached to an aromatic ring is 1. The number of unbranched alkanes of at least 4 members (excludes halogenated alkanes) is 6. The zero-order valence-electron chi connectivity index (χ0n) is 11.5. The van der Waals surface area contributed by atoms with E-state index >= 15 is 0 Å². The second kappa shape index (κ2) is 9.14. The number of thioether (sulfide) groups is 1. The monoisotopic (exact) mass is 268 g/mol. The minimum atomic E-state index is 0.340. The molecule has 102 valence electrons. The van der Waals surface area contributed by atoms with Crippen LogP contribution in [0.1, 0.15) is 57.7 Å². The van der Waals surface area contributed by atoms with Crippen molar-refractivity contribution in [2.24, 2.45) is 0 Å². The highest BCUT2D eigenvalue weighted by molar-refractivity contribution is 7.98. The van der Waals surface area contributed by atoms with Crippen molar-refractivity contribution in [3.05, 3.63) is 5.82 Å². The van der Waals surface area contributed by atoms with Crippen molar-refractivity contribution >= 4 is 17.7 Å². The number of hydrogen-bond acceptors (Lipinski definition) is 5. The Bertz CT molecular complexity index is 344. The Kier molecular flexibility index (Phi) is 7.73. The number of hydrogen-bond donors (Lipinski definition) is 1. The molecular formula is C13H24N4S. The summed E-state index contributed by atoms with van der Waals surface area (Å²) in [6, 6.07) is 0. The van der Waals surface area contributed by atoms with Crippen LogP contribution in [0, 0.1) is 0 Å². The summed E-state index contributed by atoms with van der Waals surface area (Å²) < 4.78 is 0. The van der Waals surface area contributed by atoms with Gasteiger partial charge in [0.1, 0.15) is 5.82 Å². The van der Waals surface area contributed by atoms with Crippen molar-refractivity contribution in [3.63, 3.8) is 0 Å². The van der Waals surface area contributed by atoms with E-state index in [-0.39, 0.29) is 0 Å². The first-order valence-electron chi connectivity index (χ1n) is 6.80. The van der Waals surface area contributed by atoms with Crippen molar-refractivity contribution in [2.45, 2.75) is 63.4 Å². The zero-order chi connectivity index (χ0) is 13.2. The largest absolute Gasteiger partial charge is 0.368 e. The predicted octanol–water partition coefficient (Wildman–Crippen LogP) is 3.47. The fourth-order valence-electron chi connectivity index (χ4n) is 1.86. The summed E-state index contributed by atoms with van der Waals surface area (Å²) >= 11 is 1.51. The summed E-state index contributed by atoms with van der Waals surface area (Å²) in [7, 11) is 0. The van der Waals surface area contributed by atoms with Gasteiger partial charge in [0.2, 0.25) is 5.95 Å². The molecule has 1 aromatic heterocycles. The van der Waals surface area contributed by atoms with Crippen LogP contribution in [-0.4, -0.2) is 21.2 Å². The molecule has 18 heavy (non-hydrogen) atoms. The Balaban J connectivity index is 2.20. The first-order valence-corrected chi connectivity index (χ1v) is 8.03. The van der Waals surface area contributed by atoms with Gasteiger partial charge in [-0.2, -0.15) is 9.97 Å². The van der Waals surface area contributed by atoms with Gasteiger partial charge in [-0.25, -0.2) is 4.98 Å². The van der Waals surface area contributed by atoms with Gasteiger partial charge in [0.25, 0.3) is 0 Å². The van der Waals surface area contributed by atoms with Crippen molar-refractivity contribution in [1.29, 1.82) is 0 Å². The van der Waals surface area contributed by atoms with E-state index in [0.717, 1.165) is 23.8 Å². The molecule has 1 aromatic rings. The normalized spacial score (nSPS) is 10.8. The van der Waals surface area contributed by atoms with Gasteiger partial charge < -0.3 is 5.73 Å². The highest BCUT2D eigenvalue weighted by Crippen LogP contribution is 2.12. The standard InChI is InChI=1S/C13H24N4S/c1-3-4-5-6-7-8-9-10-11-15-12(14)17-13(16-11)18-2/h3-10H2,1-2H3,(H2,14,15,16,17). The van der Waals surface area contributed by atoms with Gasteiger partial charge in [-0.1, -0.05) is 57.2 Å². The van der Waals surface area contributed by atoms with E-state index in [1.807, 2.05) is 6.26 Å². The Labute approximate surface area is 114 Å². The van der Waals surface area contributed by atoms with Crippen LogP contribution in [0.25, 0.3) is 0 Å². The fourth-order valence-corrected chi connectivity index (χ4v) is 2.24. The van der Waals surface area contributed by atoms with E-state index in [4.69, 9.17) is 5.73 Å². The zero-order valence-corrected chi connectivity index (χ0v) is 12.3. The molecule has 0 aromatic carbocycles. The molecule has 1 rings (SSSR count). The maximum atomic E-state index is 5.64. The molecule has 0 saturated heterocycles. The number of aryl methyl sites for hydroxylation is 1. The van der Waals surface area contributed by atoms with E-state index in [9.17, 15) is 0 Å². The summed E-state index contributed by atoms with van der Waals surface area (Å²) in [4.78, 5) is 12.6. The molecule has 0 bridgehead atoms. The molecule has 0 aliphatic carbocycles. The molecule has 0 saturated carbocycles. The van der Waals surface area contributed by atoms with Crippen LogP contribution in [0.4, 0.5) is 5.95 Å². The number of rotatable bonds is 9. The quantitative estimate of drug-likeness (QED) is 0.549. The minimum absolute atomic E-state index is 0.340. The van der Waals surface area contributed by atoms with Gasteiger partial charge in [-0.15, -0.1) is 0 Å². The average Bonchev–Trinajstić information content (AvgIpc) is 2.37. The van der Waals surface area contributed by atoms with E-state index in [1.54, 1.807) is 0 Å². The Hall–Kier alpha value is -0.840. The van der Waals surface area contributed by atoms with Crippen LogP contribution in [-0.2, 0) is 6.42 Å². The van der Waals surface area contributed by atoms with Crippen molar-refractivity contribution in [1.82, 2.24) is 15.0 Å². The number of nitrogens with two attached hydrogens (primary N) is 1. The molecule has 5 heteroatoms. The predicted molar refractivity (Wildman–Crippen MR) is 77.7 cm³/mol. The minimum Gasteiger partial charge on any atom is -0.368 e. The SMILES string of the molecule is CCCCCCCCCc1nc(N)nc(SC)n1. The Morgan fingerprint density at radius 1 is 0.944 bits per heavy atom. The summed E-state index contributed by atoms with van der Waals surface area (Å²) in [6.07, 6.45) is 12.0. The molecule has 0 radical (unpaired) electrons. The fraction of sp³-hybridized carbons (Fsp3) is 0.769. The second-order valence-corrected chi connectivity index (χ2v) is 5.24. The van der Waals surface area contributed by atoms with Crippen LogP contribution in [0.2, 0.25) is 0 Å². The van der Waals surface area contributed by atoms with Gasteiger partial charge in [0, 0.05) is 6.42 Å². The van der Waals surface area contributed by atoms with Crippen molar-refractivity contribution in [3.8, 4) is 0 Å². The molecule has 0 aliphatic heterocycles. The molecule has 0 aliphatic rings. The maximum Gasteiger partial charge on any atom is 0.224 e. The third-order valence-corrected chi connectivity index (χ3v) is 3.41. The molecule has 0 fully saturated rings. The molecule has 0 unspecified atom stereocenters. The smallest absolute Gasteiger partial charge is 0.224 e. The summed E-state index contributed by atoms with van der Waals surface area (Å²) in [6.45, 7) is 2.24. The first kappa shape index (κ1) is 15.2. The lowest BCUT2D eigenvalue weighted by atomic mass is 10.1. The second-order valence-electron chi connectivity index (χ2n) is 4.47. The van der Waals surface area contributed by atoms with Crippen LogP contribution < -0.4 is 5.73 Å². The van der Waals surface area contributed by atoms with Crippen LogP contribution in [0.15, 0.2) is 5.16 Å². The van der Waals surface area contributed by atoms with Crippen LogP contribution in [0.5, 0.6) is 0 Å². The van der Waals surface area contributed by atoms with Gasteiger partial charge in [0.05, 0.1) is 0 Å². The Morgan fingerprint density at radius 2 is 1.61 bits per heavy atom. The summed E-state index contributed by atoms with van der Waals surface area (Å²) in [5.74, 6) is 1.17. The lowest BCUT2D eigenvalue weighted by Crippen LogP contribution is -2.04. The lowest BCUT2D eigenvalue weighted by Gasteiger charge is -2.03. The molecule has 0 atom stereocenters. The van der Waals surface area contributed by atoms with E-state index in [2.05, 4.69) is 21.9 Å². The molecule has 0 amide bonds. The topological polar surface area (TPSA) is 64.7 Å². The van der Waals surface area contributed by atoms with Gasteiger partial charge >= 0.3 is 0 Å². The molecule has 4 nitrogen and oxygen atoms in total. The van der Waals surface area contributed by atoms with E-state index in [0.29, 0.717) is 5.95 Å². The van der Waals surface area contributed by atoms with Crippen LogP contribution >= 0.6 is 11.8 Å². The van der Waals surface area contributed by atoms with E-state index < -0.39 is 0 Å². The highest BCUT2D eigenvalue weighted by Gasteiger charge is 2.03. The maximum absolute atomic E-state index is 5.64. The van der Waals surface area contributed by atoms with E-state index in [1.165, 1.54) is 50.3 Å². The first-order chi connectivity index (χ1) is 8.76. The summed E-state index contributed by atoms with van der Waals surface area (Å²) in [5, 5.41) is 0.723. The molecule has 0 spiro atoms. The van der Waals surface area contributed by atoms with Crippen LogP contribution in [0.3, 0.4) is 0 Å². The number of anilines is 1. The third kappa shape index (κ3) is 6.19. The van der Waals surface area contributed by atoms with Crippen molar-refractivity contribution < 1.29 is 0 Å². The van der Waals surface area contributed by atoms with Gasteiger partial charge in [0.15, 0.2) is 5.16 Å². The molecule has 1 heterocycles. The Morgan fingerprint density at radius 3 is 2.28 bits per heavy atom. The van der Waals surface area contributed by atoms with Crippen molar-refractivity contribution in [2.75, 3.05) is 12.0 Å². The summed E-state index contributed by atoms with van der Waals surface area (Å²) in [5.41, 5.74) is 5.64. The molecule has 2 N–H and O–H groups in total. The third-order valence-electron chi connectivity index (χ3n) is 2.87. The van der Waals surface area contributed by atoms with Gasteiger partial charge in [-0.3, -0.25) is 0 Å². The van der Waals surface area contributed by atoms with Gasteiger partial charge in [-0.05, 0) is 12.7 Å². The molecular weight excluding hydrogens is 244 g/mol. The number of aromatic nitrogens is 3. The average molecular weight is 268 g/mol. The highest BCUT2D eigenvalue weighted by atomic mass is 32.2.